The summed E-state index contributed by atoms with van der Waals surface area (Å²) >= 11 is 0. The van der Waals surface area contributed by atoms with Crippen LogP contribution in [0.4, 0.5) is 11.4 Å². The van der Waals surface area contributed by atoms with Gasteiger partial charge in [0, 0.05) is 25.2 Å². The normalized spacial score (nSPS) is 14.4. The van der Waals surface area contributed by atoms with Crippen LogP contribution >= 0.6 is 0 Å². The number of piperidine rings is 1. The highest BCUT2D eigenvalue weighted by molar-refractivity contribution is 5.97. The molecule has 0 saturated carbocycles. The van der Waals surface area contributed by atoms with Crippen molar-refractivity contribution in [2.75, 3.05) is 32.6 Å². The zero-order valence-corrected chi connectivity index (χ0v) is 15.9. The third-order valence-corrected chi connectivity index (χ3v) is 4.88. The molecule has 8 nitrogen and oxygen atoms in total. The Labute approximate surface area is 163 Å². The van der Waals surface area contributed by atoms with Crippen molar-refractivity contribution in [2.24, 2.45) is 0 Å². The SMILES string of the molecule is COc1cc([N+](=O)[O-])ccc1NC1CCN(C(=O)c2ccccc2OC)CC1. The van der Waals surface area contributed by atoms with Crippen molar-refractivity contribution in [2.45, 2.75) is 18.9 Å². The molecule has 1 aliphatic rings. The molecule has 1 saturated heterocycles. The van der Waals surface area contributed by atoms with Gasteiger partial charge in [-0.2, -0.15) is 0 Å². The lowest BCUT2D eigenvalue weighted by atomic mass is 10.0. The van der Waals surface area contributed by atoms with Gasteiger partial charge in [0.05, 0.1) is 36.5 Å². The van der Waals surface area contributed by atoms with Crippen LogP contribution in [0, 0.1) is 10.1 Å². The summed E-state index contributed by atoms with van der Waals surface area (Å²) in [5, 5.41) is 14.3. The Kier molecular flexibility index (Phi) is 5.98. The Morgan fingerprint density at radius 2 is 1.79 bits per heavy atom. The average molecular weight is 385 g/mol. The first-order chi connectivity index (χ1) is 13.5. The van der Waals surface area contributed by atoms with Crippen molar-refractivity contribution in [3.05, 3.63) is 58.1 Å². The highest BCUT2D eigenvalue weighted by Crippen LogP contribution is 2.31. The van der Waals surface area contributed by atoms with E-state index >= 15 is 0 Å². The van der Waals surface area contributed by atoms with E-state index in [0.717, 1.165) is 12.8 Å². The number of nitro benzene ring substituents is 1. The van der Waals surface area contributed by atoms with Crippen molar-refractivity contribution >= 4 is 17.3 Å². The van der Waals surface area contributed by atoms with Crippen molar-refractivity contribution in [1.82, 2.24) is 4.90 Å². The number of para-hydroxylation sites is 1. The van der Waals surface area contributed by atoms with E-state index in [4.69, 9.17) is 9.47 Å². The van der Waals surface area contributed by atoms with E-state index < -0.39 is 4.92 Å². The van der Waals surface area contributed by atoms with Crippen molar-refractivity contribution in [1.29, 1.82) is 0 Å². The molecule has 0 unspecified atom stereocenters. The second-order valence-electron chi connectivity index (χ2n) is 6.55. The van der Waals surface area contributed by atoms with Crippen LogP contribution in [0.3, 0.4) is 0 Å². The van der Waals surface area contributed by atoms with Crippen LogP contribution in [-0.2, 0) is 0 Å². The van der Waals surface area contributed by atoms with Gasteiger partial charge in [-0.15, -0.1) is 0 Å². The van der Waals surface area contributed by atoms with Gasteiger partial charge in [-0.3, -0.25) is 14.9 Å². The quantitative estimate of drug-likeness (QED) is 0.605. The lowest BCUT2D eigenvalue weighted by molar-refractivity contribution is -0.384. The molecule has 2 aromatic rings. The van der Waals surface area contributed by atoms with Crippen LogP contribution in [0.5, 0.6) is 11.5 Å². The second-order valence-corrected chi connectivity index (χ2v) is 6.55. The van der Waals surface area contributed by atoms with E-state index in [9.17, 15) is 14.9 Å². The smallest absolute Gasteiger partial charge is 0.273 e. The maximum absolute atomic E-state index is 12.8. The summed E-state index contributed by atoms with van der Waals surface area (Å²) in [6, 6.07) is 11.9. The molecule has 1 amide bonds. The molecular formula is C20H23N3O5. The highest BCUT2D eigenvalue weighted by Gasteiger charge is 2.26. The molecule has 1 fully saturated rings. The van der Waals surface area contributed by atoms with Crippen LogP contribution in [0.2, 0.25) is 0 Å². The number of ether oxygens (including phenoxy) is 2. The van der Waals surface area contributed by atoms with Crippen LogP contribution in [-0.4, -0.2) is 49.1 Å². The van der Waals surface area contributed by atoms with Crippen LogP contribution in [0.25, 0.3) is 0 Å². The van der Waals surface area contributed by atoms with Crippen molar-refractivity contribution in [3.63, 3.8) is 0 Å². The van der Waals surface area contributed by atoms with Crippen LogP contribution in [0.15, 0.2) is 42.5 Å². The summed E-state index contributed by atoms with van der Waals surface area (Å²) in [6.07, 6.45) is 1.53. The number of anilines is 1. The largest absolute Gasteiger partial charge is 0.496 e. The number of amides is 1. The summed E-state index contributed by atoms with van der Waals surface area (Å²) in [5.74, 6) is 0.967. The summed E-state index contributed by atoms with van der Waals surface area (Å²) in [4.78, 5) is 25.1. The number of nitrogens with zero attached hydrogens (tertiary/aromatic N) is 2. The molecule has 1 aliphatic heterocycles. The van der Waals surface area contributed by atoms with E-state index in [1.54, 1.807) is 25.3 Å². The Balaban J connectivity index is 1.63. The number of rotatable bonds is 6. The lowest BCUT2D eigenvalue weighted by Crippen LogP contribution is -2.42. The molecule has 0 atom stereocenters. The highest BCUT2D eigenvalue weighted by atomic mass is 16.6. The third-order valence-electron chi connectivity index (χ3n) is 4.88. The zero-order chi connectivity index (χ0) is 20.1. The molecule has 8 heteroatoms. The summed E-state index contributed by atoms with van der Waals surface area (Å²) < 4.78 is 10.6. The molecule has 1 N–H and O–H groups in total. The van der Waals surface area contributed by atoms with Crippen LogP contribution < -0.4 is 14.8 Å². The Bertz CT molecular complexity index is 863. The number of methoxy groups -OCH3 is 2. The molecule has 0 bridgehead atoms. The minimum atomic E-state index is -0.450. The second kappa shape index (κ2) is 8.60. The third kappa shape index (κ3) is 4.16. The molecule has 2 aromatic carbocycles. The topological polar surface area (TPSA) is 93.9 Å². The first kappa shape index (κ1) is 19.5. The molecular weight excluding hydrogens is 362 g/mol. The van der Waals surface area contributed by atoms with E-state index in [2.05, 4.69) is 5.32 Å². The molecule has 0 aromatic heterocycles. The maximum atomic E-state index is 12.8. The molecule has 1 heterocycles. The number of likely N-dealkylation sites (tertiary alicyclic amines) is 1. The van der Waals surface area contributed by atoms with Crippen molar-refractivity contribution in [3.8, 4) is 11.5 Å². The van der Waals surface area contributed by atoms with E-state index in [-0.39, 0.29) is 17.6 Å². The maximum Gasteiger partial charge on any atom is 0.273 e. The predicted molar refractivity (Wildman–Crippen MR) is 105 cm³/mol. The van der Waals surface area contributed by atoms with Gasteiger partial charge in [-0.25, -0.2) is 0 Å². The number of nitro groups is 1. The lowest BCUT2D eigenvalue weighted by Gasteiger charge is -2.33. The molecule has 148 valence electrons. The summed E-state index contributed by atoms with van der Waals surface area (Å²) in [5.41, 5.74) is 1.26. The summed E-state index contributed by atoms with van der Waals surface area (Å²) in [7, 11) is 3.04. The Hall–Kier alpha value is -3.29. The number of hydrogen-bond acceptors (Lipinski definition) is 6. The monoisotopic (exact) mass is 385 g/mol. The fourth-order valence-corrected chi connectivity index (χ4v) is 3.35. The minimum Gasteiger partial charge on any atom is -0.496 e. The number of carbonyl (C=O) groups excluding carboxylic acids is 1. The van der Waals surface area contributed by atoms with Gasteiger partial charge in [0.2, 0.25) is 0 Å². The molecule has 0 spiro atoms. The first-order valence-corrected chi connectivity index (χ1v) is 9.04. The summed E-state index contributed by atoms with van der Waals surface area (Å²) in [6.45, 7) is 1.23. The van der Waals surface area contributed by atoms with Gasteiger partial charge >= 0.3 is 0 Å². The Morgan fingerprint density at radius 1 is 1.11 bits per heavy atom. The first-order valence-electron chi connectivity index (χ1n) is 9.04. The van der Waals surface area contributed by atoms with Gasteiger partial charge in [0.1, 0.15) is 11.5 Å². The fourth-order valence-electron chi connectivity index (χ4n) is 3.35. The molecule has 0 aliphatic carbocycles. The van der Waals surface area contributed by atoms with Gasteiger partial charge in [-0.1, -0.05) is 12.1 Å². The van der Waals surface area contributed by atoms with Crippen molar-refractivity contribution < 1.29 is 19.2 Å². The molecule has 3 rings (SSSR count). The van der Waals surface area contributed by atoms with E-state index in [0.29, 0.717) is 35.8 Å². The number of carbonyl (C=O) groups is 1. The number of hydrogen-bond donors (Lipinski definition) is 1. The van der Waals surface area contributed by atoms with Gasteiger partial charge in [-0.05, 0) is 31.0 Å². The number of nitrogens with one attached hydrogen (secondary N) is 1. The molecule has 28 heavy (non-hydrogen) atoms. The van der Waals surface area contributed by atoms with E-state index in [1.807, 2.05) is 17.0 Å². The molecule has 0 radical (unpaired) electrons. The predicted octanol–water partition coefficient (Wildman–Crippen LogP) is 3.33. The van der Waals surface area contributed by atoms with E-state index in [1.165, 1.54) is 19.2 Å². The van der Waals surface area contributed by atoms with Gasteiger partial charge in [0.25, 0.3) is 11.6 Å². The number of benzene rings is 2. The van der Waals surface area contributed by atoms with Gasteiger partial charge in [0.15, 0.2) is 0 Å². The van der Waals surface area contributed by atoms with Crippen LogP contribution in [0.1, 0.15) is 23.2 Å². The minimum absolute atomic E-state index is 0.0142. The fraction of sp³-hybridized carbons (Fsp3) is 0.350. The van der Waals surface area contributed by atoms with Gasteiger partial charge < -0.3 is 19.7 Å². The standard InChI is InChI=1S/C20H23N3O5/c1-27-18-6-4-3-5-16(18)20(24)22-11-9-14(10-12-22)21-17-8-7-15(23(25)26)13-19(17)28-2/h3-8,13-14,21H,9-12H2,1-2H3. The average Bonchev–Trinajstić information content (AvgIpc) is 2.73. The Morgan fingerprint density at radius 3 is 2.43 bits per heavy atom. The number of non-ortho nitro benzene ring substituents is 1. The zero-order valence-electron chi connectivity index (χ0n) is 15.9.